The van der Waals surface area contributed by atoms with Crippen LogP contribution in [0.4, 0.5) is 10.6 Å². The highest BCUT2D eigenvalue weighted by Gasteiger charge is 2.39. The number of carbonyl (C=O) groups is 1. The number of rotatable bonds is 3. The molecule has 2 heterocycles. The molecule has 0 radical (unpaired) electrons. The van der Waals surface area contributed by atoms with Crippen molar-refractivity contribution in [3.8, 4) is 0 Å². The van der Waals surface area contributed by atoms with E-state index in [1.807, 2.05) is 20.8 Å². The van der Waals surface area contributed by atoms with Crippen LogP contribution < -0.4 is 4.90 Å². The van der Waals surface area contributed by atoms with Crippen LogP contribution in [-0.2, 0) is 9.47 Å². The van der Waals surface area contributed by atoms with Crippen LogP contribution in [0.2, 0.25) is 5.15 Å². The number of hydrogen-bond acceptors (Lipinski definition) is 5. The van der Waals surface area contributed by atoms with Crippen LogP contribution in [0.5, 0.6) is 0 Å². The quantitative estimate of drug-likeness (QED) is 0.764. The second kappa shape index (κ2) is 7.66. The fourth-order valence-electron chi connectivity index (χ4n) is 2.87. The molecule has 24 heavy (non-hydrogen) atoms. The summed E-state index contributed by atoms with van der Waals surface area (Å²) in [5, 5.41) is 0.284. The summed E-state index contributed by atoms with van der Waals surface area (Å²) < 4.78 is 11.5. The van der Waals surface area contributed by atoms with E-state index in [2.05, 4.69) is 23.8 Å². The first-order chi connectivity index (χ1) is 11.2. The molecule has 2 atom stereocenters. The van der Waals surface area contributed by atoms with Gasteiger partial charge in [-0.1, -0.05) is 25.4 Å². The van der Waals surface area contributed by atoms with Crippen LogP contribution in [-0.4, -0.2) is 40.4 Å². The number of ether oxygens (including phenoxy) is 2. The smallest absolute Gasteiger partial charge is 0.416 e. The fraction of sp³-hybridized carbons (Fsp3) is 0.706. The number of aromatic nitrogens is 2. The monoisotopic (exact) mass is 355 g/mol. The Kier molecular flexibility index (Phi) is 6.04. The van der Waals surface area contributed by atoms with Crippen molar-refractivity contribution in [3.63, 3.8) is 0 Å². The molecule has 1 aliphatic heterocycles. The van der Waals surface area contributed by atoms with Gasteiger partial charge in [0, 0.05) is 12.7 Å². The highest BCUT2D eigenvalue weighted by atomic mass is 35.5. The first-order valence-corrected chi connectivity index (χ1v) is 8.68. The summed E-state index contributed by atoms with van der Waals surface area (Å²) in [5.41, 5.74) is -0.602. The second-order valence-electron chi connectivity index (χ2n) is 7.34. The molecule has 6 nitrogen and oxygen atoms in total. The number of carbonyl (C=O) groups excluding carboxylic acids is 1. The Hall–Kier alpha value is -1.40. The van der Waals surface area contributed by atoms with Crippen molar-refractivity contribution in [2.24, 2.45) is 5.92 Å². The number of amides is 1. The van der Waals surface area contributed by atoms with E-state index in [4.69, 9.17) is 21.1 Å². The van der Waals surface area contributed by atoms with Crippen LogP contribution in [0.25, 0.3) is 0 Å². The summed E-state index contributed by atoms with van der Waals surface area (Å²) in [6.07, 6.45) is 2.53. The molecule has 0 bridgehead atoms. The summed E-state index contributed by atoms with van der Waals surface area (Å²) >= 11 is 6.00. The zero-order valence-corrected chi connectivity index (χ0v) is 15.7. The first kappa shape index (κ1) is 18.9. The molecule has 0 aromatic carbocycles. The first-order valence-electron chi connectivity index (χ1n) is 8.30. The van der Waals surface area contributed by atoms with Crippen molar-refractivity contribution in [2.45, 2.75) is 65.2 Å². The molecule has 134 valence electrons. The van der Waals surface area contributed by atoms with E-state index >= 15 is 0 Å². The van der Waals surface area contributed by atoms with Crippen molar-refractivity contribution in [1.29, 1.82) is 0 Å². The summed E-state index contributed by atoms with van der Waals surface area (Å²) in [7, 11) is 0. The Bertz CT molecular complexity index is 574. The number of nitrogens with zero attached hydrogens (tertiary/aromatic N) is 3. The van der Waals surface area contributed by atoms with Gasteiger partial charge in [0.05, 0.1) is 12.1 Å². The molecule has 1 aromatic heterocycles. The molecule has 1 aliphatic rings. The van der Waals surface area contributed by atoms with Gasteiger partial charge in [-0.05, 0) is 39.5 Å². The van der Waals surface area contributed by atoms with E-state index in [0.29, 0.717) is 12.4 Å². The predicted octanol–water partition coefficient (Wildman–Crippen LogP) is 4.08. The van der Waals surface area contributed by atoms with Gasteiger partial charge in [-0.3, -0.25) is 4.90 Å². The van der Waals surface area contributed by atoms with Gasteiger partial charge in [0.25, 0.3) is 0 Å². The van der Waals surface area contributed by atoms with Gasteiger partial charge in [0.15, 0.2) is 0 Å². The molecule has 0 N–H and O–H groups in total. The van der Waals surface area contributed by atoms with E-state index in [-0.39, 0.29) is 23.2 Å². The van der Waals surface area contributed by atoms with Crippen molar-refractivity contribution in [3.05, 3.63) is 17.5 Å². The third kappa shape index (κ3) is 4.80. The van der Waals surface area contributed by atoms with Gasteiger partial charge in [0.2, 0.25) is 0 Å². The third-order valence-electron chi connectivity index (χ3n) is 3.78. The second-order valence-corrected chi connectivity index (χ2v) is 7.73. The third-order valence-corrected chi connectivity index (χ3v) is 3.99. The lowest BCUT2D eigenvalue weighted by Gasteiger charge is -2.41. The van der Waals surface area contributed by atoms with Gasteiger partial charge in [-0.2, -0.15) is 0 Å². The zero-order chi connectivity index (χ0) is 17.9. The maximum Gasteiger partial charge on any atom is 0.416 e. The topological polar surface area (TPSA) is 64.5 Å². The van der Waals surface area contributed by atoms with Crippen LogP contribution in [0.3, 0.4) is 0 Å². The minimum atomic E-state index is -0.602. The van der Waals surface area contributed by atoms with Crippen molar-refractivity contribution < 1.29 is 14.3 Å². The summed E-state index contributed by atoms with van der Waals surface area (Å²) in [5.74, 6) is 0.697. The predicted molar refractivity (Wildman–Crippen MR) is 93.4 cm³/mol. The van der Waals surface area contributed by atoms with Gasteiger partial charge in [-0.15, -0.1) is 0 Å². The minimum absolute atomic E-state index is 0.0833. The average molecular weight is 356 g/mol. The van der Waals surface area contributed by atoms with E-state index < -0.39 is 11.7 Å². The van der Waals surface area contributed by atoms with Crippen LogP contribution >= 0.6 is 11.6 Å². The lowest BCUT2D eigenvalue weighted by atomic mass is 9.92. The summed E-state index contributed by atoms with van der Waals surface area (Å²) in [4.78, 5) is 22.6. The molecule has 2 unspecified atom stereocenters. The summed E-state index contributed by atoms with van der Waals surface area (Å²) in [6.45, 7) is 10.4. The maximum absolute atomic E-state index is 12.9. The molecule has 1 fully saturated rings. The molecule has 0 saturated carbocycles. The van der Waals surface area contributed by atoms with E-state index in [9.17, 15) is 4.79 Å². The Morgan fingerprint density at radius 3 is 2.71 bits per heavy atom. The maximum atomic E-state index is 12.9. The van der Waals surface area contributed by atoms with Gasteiger partial charge >= 0.3 is 6.09 Å². The number of hydrogen-bond donors (Lipinski definition) is 0. The largest absolute Gasteiger partial charge is 0.443 e. The number of halogens is 1. The fourth-order valence-corrected chi connectivity index (χ4v) is 3.01. The van der Waals surface area contributed by atoms with E-state index in [0.717, 1.165) is 12.8 Å². The molecule has 1 saturated heterocycles. The molecule has 2 rings (SSSR count). The SMILES string of the molecule is CC(C)C1OCCCC1N(C(=O)OC(C)(C)C)c1cc(Cl)ncn1. The van der Waals surface area contributed by atoms with Crippen molar-refractivity contribution >= 4 is 23.5 Å². The molecule has 1 aromatic rings. The molecule has 1 amide bonds. The molecule has 0 spiro atoms. The van der Waals surface area contributed by atoms with Crippen LogP contribution in [0, 0.1) is 5.92 Å². The van der Waals surface area contributed by atoms with Gasteiger partial charge in [-0.25, -0.2) is 14.8 Å². The molecule has 7 heteroatoms. The Labute approximate surface area is 148 Å². The summed E-state index contributed by atoms with van der Waals surface area (Å²) in [6, 6.07) is 1.43. The Morgan fingerprint density at radius 1 is 1.42 bits per heavy atom. The normalized spacial score (nSPS) is 21.6. The standard InChI is InChI=1S/C17H26ClN3O3/c1-11(2)15-12(7-6-8-23-15)21(16(22)24-17(3,4)5)14-9-13(18)19-10-20-14/h9-12,15H,6-8H2,1-5H3. The molecular formula is C17H26ClN3O3. The lowest BCUT2D eigenvalue weighted by Crippen LogP contribution is -2.53. The molecule has 0 aliphatic carbocycles. The van der Waals surface area contributed by atoms with E-state index in [1.54, 1.807) is 11.0 Å². The average Bonchev–Trinajstić information content (AvgIpc) is 2.46. The Morgan fingerprint density at radius 2 is 2.12 bits per heavy atom. The lowest BCUT2D eigenvalue weighted by molar-refractivity contribution is -0.0300. The van der Waals surface area contributed by atoms with Crippen molar-refractivity contribution in [2.75, 3.05) is 11.5 Å². The van der Waals surface area contributed by atoms with Crippen molar-refractivity contribution in [1.82, 2.24) is 9.97 Å². The van der Waals surface area contributed by atoms with Crippen LogP contribution in [0.15, 0.2) is 12.4 Å². The van der Waals surface area contributed by atoms with E-state index in [1.165, 1.54) is 6.33 Å². The minimum Gasteiger partial charge on any atom is -0.443 e. The van der Waals surface area contributed by atoms with Gasteiger partial charge < -0.3 is 9.47 Å². The van der Waals surface area contributed by atoms with Gasteiger partial charge in [0.1, 0.15) is 22.9 Å². The Balaban J connectivity index is 2.39. The number of anilines is 1. The zero-order valence-electron chi connectivity index (χ0n) is 15.0. The highest BCUT2D eigenvalue weighted by molar-refractivity contribution is 6.29. The highest BCUT2D eigenvalue weighted by Crippen LogP contribution is 2.30. The molecular weight excluding hydrogens is 330 g/mol. The van der Waals surface area contributed by atoms with Crippen LogP contribution in [0.1, 0.15) is 47.5 Å².